The number of hydrogen-bond acceptors (Lipinski definition) is 6. The number of rotatable bonds is 4. The predicted octanol–water partition coefficient (Wildman–Crippen LogP) is 0.392. The zero-order chi connectivity index (χ0) is 16.4. The molecule has 0 aliphatic carbocycles. The van der Waals surface area contributed by atoms with Gasteiger partial charge in [0, 0.05) is 31.1 Å². The Morgan fingerprint density at radius 2 is 2.42 bits per heavy atom. The highest BCUT2D eigenvalue weighted by atomic mass is 16.5. The second-order valence-corrected chi connectivity index (χ2v) is 6.05. The second kappa shape index (κ2) is 6.66. The van der Waals surface area contributed by atoms with E-state index in [1.165, 1.54) is 0 Å². The summed E-state index contributed by atoms with van der Waals surface area (Å²) in [4.78, 5) is 16.1. The molecule has 1 saturated heterocycles. The lowest BCUT2D eigenvalue weighted by molar-refractivity contribution is -0.126. The van der Waals surface area contributed by atoms with Gasteiger partial charge in [-0.2, -0.15) is 0 Å². The molecule has 1 fully saturated rings. The molecular formula is C16H19N5O3. The summed E-state index contributed by atoms with van der Waals surface area (Å²) in [6, 6.07) is 3.82. The van der Waals surface area contributed by atoms with E-state index in [0.29, 0.717) is 32.9 Å². The van der Waals surface area contributed by atoms with Crippen LogP contribution in [0.15, 0.2) is 24.5 Å². The highest BCUT2D eigenvalue weighted by Gasteiger charge is 2.27. The standard InChI is InChI=1S/C16H19N5O3/c22-16(12-3-5-23-9-12)18-7-13-8-21-14(10-24-13)15(19-20-21)11-2-1-4-17-6-11/h1-2,4,6,12-13H,3,5,7-10H2,(H,18,22)/t12-,13+/m1/s1. The molecule has 0 bridgehead atoms. The summed E-state index contributed by atoms with van der Waals surface area (Å²) in [5.74, 6) is 0.00393. The monoisotopic (exact) mass is 329 g/mol. The summed E-state index contributed by atoms with van der Waals surface area (Å²) in [7, 11) is 0. The van der Waals surface area contributed by atoms with Crippen LogP contribution in [0.3, 0.4) is 0 Å². The van der Waals surface area contributed by atoms with E-state index in [9.17, 15) is 4.79 Å². The number of ether oxygens (including phenoxy) is 2. The first-order valence-corrected chi connectivity index (χ1v) is 8.11. The average Bonchev–Trinajstić information content (AvgIpc) is 3.30. The smallest absolute Gasteiger partial charge is 0.225 e. The third-order valence-electron chi connectivity index (χ3n) is 4.41. The Morgan fingerprint density at radius 1 is 1.46 bits per heavy atom. The van der Waals surface area contributed by atoms with E-state index in [1.54, 1.807) is 12.4 Å². The van der Waals surface area contributed by atoms with Crippen molar-refractivity contribution in [2.45, 2.75) is 25.7 Å². The van der Waals surface area contributed by atoms with Gasteiger partial charge in [0.25, 0.3) is 0 Å². The number of pyridine rings is 1. The van der Waals surface area contributed by atoms with Gasteiger partial charge >= 0.3 is 0 Å². The van der Waals surface area contributed by atoms with Crippen LogP contribution in [0.5, 0.6) is 0 Å². The zero-order valence-electron chi connectivity index (χ0n) is 13.2. The highest BCUT2D eigenvalue weighted by molar-refractivity contribution is 5.79. The molecule has 8 heteroatoms. The molecule has 126 valence electrons. The van der Waals surface area contributed by atoms with Crippen molar-refractivity contribution in [1.82, 2.24) is 25.3 Å². The fraction of sp³-hybridized carbons (Fsp3) is 0.500. The average molecular weight is 329 g/mol. The Hall–Kier alpha value is -2.32. The number of hydrogen-bond donors (Lipinski definition) is 1. The third kappa shape index (κ3) is 3.02. The van der Waals surface area contributed by atoms with Gasteiger partial charge in [-0.05, 0) is 18.6 Å². The van der Waals surface area contributed by atoms with Gasteiger partial charge in [0.05, 0.1) is 37.5 Å². The number of carbonyl (C=O) groups is 1. The van der Waals surface area contributed by atoms with E-state index < -0.39 is 0 Å². The number of nitrogens with one attached hydrogen (secondary N) is 1. The van der Waals surface area contributed by atoms with E-state index in [0.717, 1.165) is 23.4 Å². The normalized spacial score (nSPS) is 23.0. The quantitative estimate of drug-likeness (QED) is 0.873. The molecule has 0 aromatic carbocycles. The lowest BCUT2D eigenvalue weighted by Gasteiger charge is -2.24. The van der Waals surface area contributed by atoms with Crippen LogP contribution in [0.1, 0.15) is 12.1 Å². The van der Waals surface area contributed by atoms with Crippen LogP contribution in [0.2, 0.25) is 0 Å². The molecule has 1 N–H and O–H groups in total. The van der Waals surface area contributed by atoms with Crippen molar-refractivity contribution in [2.24, 2.45) is 5.92 Å². The molecule has 4 heterocycles. The Bertz CT molecular complexity index is 712. The lowest BCUT2D eigenvalue weighted by Crippen LogP contribution is -2.41. The highest BCUT2D eigenvalue weighted by Crippen LogP contribution is 2.24. The summed E-state index contributed by atoms with van der Waals surface area (Å²) in [5.41, 5.74) is 2.67. The van der Waals surface area contributed by atoms with Crippen molar-refractivity contribution in [3.8, 4) is 11.3 Å². The van der Waals surface area contributed by atoms with E-state index in [2.05, 4.69) is 20.6 Å². The van der Waals surface area contributed by atoms with Crippen molar-refractivity contribution >= 4 is 5.91 Å². The maximum Gasteiger partial charge on any atom is 0.225 e. The maximum absolute atomic E-state index is 12.0. The molecule has 2 aliphatic heterocycles. The molecule has 0 spiro atoms. The summed E-state index contributed by atoms with van der Waals surface area (Å²) >= 11 is 0. The molecule has 2 aromatic rings. The number of carbonyl (C=O) groups excluding carboxylic acids is 1. The van der Waals surface area contributed by atoms with Crippen molar-refractivity contribution in [2.75, 3.05) is 19.8 Å². The van der Waals surface area contributed by atoms with Gasteiger partial charge < -0.3 is 14.8 Å². The first-order valence-electron chi connectivity index (χ1n) is 8.11. The van der Waals surface area contributed by atoms with E-state index in [1.807, 2.05) is 16.8 Å². The lowest BCUT2D eigenvalue weighted by atomic mass is 10.1. The molecular weight excluding hydrogens is 310 g/mol. The topological polar surface area (TPSA) is 91.2 Å². The molecule has 0 radical (unpaired) electrons. The number of amides is 1. The molecule has 2 aromatic heterocycles. The van der Waals surface area contributed by atoms with Crippen LogP contribution in [-0.4, -0.2) is 51.7 Å². The van der Waals surface area contributed by atoms with Gasteiger partial charge in [0.2, 0.25) is 5.91 Å². The van der Waals surface area contributed by atoms with E-state index in [4.69, 9.17) is 9.47 Å². The van der Waals surface area contributed by atoms with Gasteiger partial charge in [-0.25, -0.2) is 4.68 Å². The van der Waals surface area contributed by atoms with Gasteiger partial charge in [-0.3, -0.25) is 9.78 Å². The SMILES string of the molecule is O=C(NC[C@H]1Cn2nnc(-c3cccnc3)c2CO1)[C@@H]1CCOC1. The van der Waals surface area contributed by atoms with Crippen LogP contribution in [0.4, 0.5) is 0 Å². The van der Waals surface area contributed by atoms with Crippen LogP contribution in [0.25, 0.3) is 11.3 Å². The molecule has 4 rings (SSSR count). The molecule has 8 nitrogen and oxygen atoms in total. The maximum atomic E-state index is 12.0. The van der Waals surface area contributed by atoms with Crippen molar-refractivity contribution in [1.29, 1.82) is 0 Å². The summed E-state index contributed by atoms with van der Waals surface area (Å²) < 4.78 is 13.0. The molecule has 2 aliphatic rings. The van der Waals surface area contributed by atoms with Gasteiger partial charge in [-0.15, -0.1) is 5.10 Å². The number of nitrogens with zero attached hydrogens (tertiary/aromatic N) is 4. The first-order chi connectivity index (χ1) is 11.8. The van der Waals surface area contributed by atoms with Gasteiger partial charge in [0.15, 0.2) is 0 Å². The van der Waals surface area contributed by atoms with Crippen molar-refractivity contribution in [3.63, 3.8) is 0 Å². The van der Waals surface area contributed by atoms with Crippen LogP contribution >= 0.6 is 0 Å². The Kier molecular flexibility index (Phi) is 4.22. The van der Waals surface area contributed by atoms with E-state index >= 15 is 0 Å². The summed E-state index contributed by atoms with van der Waals surface area (Å²) in [6.07, 6.45) is 4.18. The van der Waals surface area contributed by atoms with Gasteiger partial charge in [-0.1, -0.05) is 5.21 Å². The number of fused-ring (bicyclic) bond motifs is 1. The zero-order valence-corrected chi connectivity index (χ0v) is 13.2. The Morgan fingerprint density at radius 3 is 3.21 bits per heavy atom. The second-order valence-electron chi connectivity index (χ2n) is 6.05. The molecule has 0 unspecified atom stereocenters. The van der Waals surface area contributed by atoms with Crippen molar-refractivity contribution in [3.05, 3.63) is 30.2 Å². The minimum absolute atomic E-state index is 0.0345. The molecule has 0 saturated carbocycles. The number of aromatic nitrogens is 4. The third-order valence-corrected chi connectivity index (χ3v) is 4.41. The molecule has 1 amide bonds. The largest absolute Gasteiger partial charge is 0.381 e. The van der Waals surface area contributed by atoms with Gasteiger partial charge in [0.1, 0.15) is 5.69 Å². The van der Waals surface area contributed by atoms with E-state index in [-0.39, 0.29) is 17.9 Å². The fourth-order valence-corrected chi connectivity index (χ4v) is 3.02. The fourth-order valence-electron chi connectivity index (χ4n) is 3.02. The van der Waals surface area contributed by atoms with Crippen molar-refractivity contribution < 1.29 is 14.3 Å². The first kappa shape index (κ1) is 15.2. The molecule has 24 heavy (non-hydrogen) atoms. The Balaban J connectivity index is 1.38. The van der Waals surface area contributed by atoms with Crippen LogP contribution in [0, 0.1) is 5.92 Å². The Labute approximate surface area is 139 Å². The predicted molar refractivity (Wildman–Crippen MR) is 83.8 cm³/mol. The summed E-state index contributed by atoms with van der Waals surface area (Å²) in [5, 5.41) is 11.4. The summed E-state index contributed by atoms with van der Waals surface area (Å²) in [6.45, 7) is 2.64. The van der Waals surface area contributed by atoms with Crippen LogP contribution < -0.4 is 5.32 Å². The minimum atomic E-state index is -0.104. The molecule has 2 atom stereocenters. The minimum Gasteiger partial charge on any atom is -0.381 e. The van der Waals surface area contributed by atoms with Crippen LogP contribution in [-0.2, 0) is 27.4 Å².